The number of rotatable bonds is 5. The van der Waals surface area contributed by atoms with Crippen LogP contribution in [0.4, 0.5) is 17.2 Å². The Bertz CT molecular complexity index is 781. The summed E-state index contributed by atoms with van der Waals surface area (Å²) in [5.41, 5.74) is 8.22. The molecule has 0 spiro atoms. The maximum Gasteiger partial charge on any atom is 0.283 e. The SMILES string of the molecule is Nc1ncccc1NCc1cccc(NC(=O)C2COC(Cl)=N2)c1. The zero-order chi connectivity index (χ0) is 16.9. The number of hydrogen-bond donors (Lipinski definition) is 3. The van der Waals surface area contributed by atoms with E-state index in [9.17, 15) is 4.79 Å². The predicted octanol–water partition coefficient (Wildman–Crippen LogP) is 2.21. The number of nitrogens with two attached hydrogens (primary N) is 1. The van der Waals surface area contributed by atoms with Gasteiger partial charge in [0.05, 0.1) is 5.69 Å². The van der Waals surface area contributed by atoms with Gasteiger partial charge in [0.25, 0.3) is 11.3 Å². The first-order valence-corrected chi connectivity index (χ1v) is 7.70. The number of carbonyl (C=O) groups is 1. The Morgan fingerprint density at radius 2 is 2.25 bits per heavy atom. The van der Waals surface area contributed by atoms with Crippen LogP contribution in [0.3, 0.4) is 0 Å². The van der Waals surface area contributed by atoms with Crippen LogP contribution in [0.15, 0.2) is 47.6 Å². The molecule has 1 aromatic carbocycles. The number of benzene rings is 1. The van der Waals surface area contributed by atoms with Gasteiger partial charge in [0.1, 0.15) is 12.4 Å². The van der Waals surface area contributed by atoms with E-state index in [1.165, 1.54) is 0 Å². The van der Waals surface area contributed by atoms with E-state index in [4.69, 9.17) is 22.1 Å². The molecule has 0 saturated heterocycles. The molecule has 2 aromatic rings. The molecule has 0 saturated carbocycles. The molecule has 1 aliphatic heterocycles. The van der Waals surface area contributed by atoms with Crippen LogP contribution in [-0.2, 0) is 16.1 Å². The number of aromatic nitrogens is 1. The van der Waals surface area contributed by atoms with E-state index in [2.05, 4.69) is 20.6 Å². The summed E-state index contributed by atoms with van der Waals surface area (Å²) >= 11 is 5.62. The highest BCUT2D eigenvalue weighted by Gasteiger charge is 2.24. The summed E-state index contributed by atoms with van der Waals surface area (Å²) in [6.45, 7) is 0.711. The zero-order valence-corrected chi connectivity index (χ0v) is 13.5. The summed E-state index contributed by atoms with van der Waals surface area (Å²) in [6, 6.07) is 10.5. The third kappa shape index (κ3) is 3.94. The van der Waals surface area contributed by atoms with E-state index in [1.807, 2.05) is 30.3 Å². The Morgan fingerprint density at radius 3 is 3.00 bits per heavy atom. The molecule has 1 aromatic heterocycles. The van der Waals surface area contributed by atoms with Gasteiger partial charge in [-0.1, -0.05) is 12.1 Å². The van der Waals surface area contributed by atoms with Crippen LogP contribution in [-0.4, -0.2) is 28.9 Å². The molecule has 0 fully saturated rings. The summed E-state index contributed by atoms with van der Waals surface area (Å²) in [5.74, 6) is 0.185. The smallest absolute Gasteiger partial charge is 0.283 e. The van der Waals surface area contributed by atoms with Crippen molar-refractivity contribution in [3.63, 3.8) is 0 Å². The molecule has 24 heavy (non-hydrogen) atoms. The normalized spacial score (nSPS) is 16.2. The quantitative estimate of drug-likeness (QED) is 0.771. The number of nitrogen functional groups attached to an aromatic ring is 1. The fraction of sp³-hybridized carbons (Fsp3) is 0.188. The molecular weight excluding hydrogens is 330 g/mol. The van der Waals surface area contributed by atoms with Crippen LogP contribution in [0.5, 0.6) is 0 Å². The highest BCUT2D eigenvalue weighted by atomic mass is 35.5. The number of aliphatic imine (C=N–C) groups is 1. The van der Waals surface area contributed by atoms with E-state index in [0.29, 0.717) is 18.1 Å². The molecule has 124 valence electrons. The lowest BCUT2D eigenvalue weighted by Crippen LogP contribution is -2.27. The molecule has 1 aliphatic rings. The van der Waals surface area contributed by atoms with Crippen LogP contribution in [0.2, 0.25) is 0 Å². The minimum Gasteiger partial charge on any atom is -0.466 e. The molecule has 1 unspecified atom stereocenters. The van der Waals surface area contributed by atoms with Gasteiger partial charge in [-0.3, -0.25) is 4.79 Å². The van der Waals surface area contributed by atoms with Crippen LogP contribution in [0, 0.1) is 0 Å². The minimum absolute atomic E-state index is 0.0159. The monoisotopic (exact) mass is 345 g/mol. The van der Waals surface area contributed by atoms with Gasteiger partial charge in [0.15, 0.2) is 6.04 Å². The molecule has 0 bridgehead atoms. The minimum atomic E-state index is -0.616. The molecule has 0 aliphatic carbocycles. The number of carbonyl (C=O) groups excluding carboxylic acids is 1. The first-order valence-electron chi connectivity index (χ1n) is 7.32. The molecule has 7 nitrogen and oxygen atoms in total. The van der Waals surface area contributed by atoms with Crippen LogP contribution < -0.4 is 16.4 Å². The maximum atomic E-state index is 12.1. The van der Waals surface area contributed by atoms with Gasteiger partial charge in [0, 0.05) is 18.4 Å². The van der Waals surface area contributed by atoms with Gasteiger partial charge < -0.3 is 21.1 Å². The van der Waals surface area contributed by atoms with Gasteiger partial charge in [0.2, 0.25) is 0 Å². The van der Waals surface area contributed by atoms with E-state index >= 15 is 0 Å². The van der Waals surface area contributed by atoms with Crippen LogP contribution in [0.25, 0.3) is 0 Å². The van der Waals surface area contributed by atoms with Gasteiger partial charge in [-0.15, -0.1) is 0 Å². The number of anilines is 3. The summed E-state index contributed by atoms with van der Waals surface area (Å²) in [5, 5.41) is 6.03. The highest BCUT2D eigenvalue weighted by Crippen LogP contribution is 2.17. The summed E-state index contributed by atoms with van der Waals surface area (Å²) in [6.07, 6.45) is 1.64. The second kappa shape index (κ2) is 7.18. The fourth-order valence-electron chi connectivity index (χ4n) is 2.23. The van der Waals surface area contributed by atoms with Crippen molar-refractivity contribution in [2.24, 2.45) is 4.99 Å². The lowest BCUT2D eigenvalue weighted by atomic mass is 10.2. The third-order valence-corrected chi connectivity index (χ3v) is 3.64. The number of ether oxygens (including phenoxy) is 1. The van der Waals surface area contributed by atoms with Crippen LogP contribution >= 0.6 is 11.6 Å². The molecule has 1 atom stereocenters. The summed E-state index contributed by atoms with van der Waals surface area (Å²) in [4.78, 5) is 20.0. The number of halogens is 1. The molecular formula is C16H16ClN5O2. The second-order valence-corrected chi connectivity index (χ2v) is 5.51. The van der Waals surface area contributed by atoms with E-state index in [1.54, 1.807) is 12.3 Å². The van der Waals surface area contributed by atoms with Crippen molar-refractivity contribution in [1.29, 1.82) is 0 Å². The molecule has 4 N–H and O–H groups in total. The Balaban J connectivity index is 1.62. The van der Waals surface area contributed by atoms with Crippen molar-refractivity contribution in [3.05, 3.63) is 48.2 Å². The zero-order valence-electron chi connectivity index (χ0n) is 12.7. The second-order valence-electron chi connectivity index (χ2n) is 5.19. The topological polar surface area (TPSA) is 102 Å². The molecule has 3 rings (SSSR count). The van der Waals surface area contributed by atoms with Gasteiger partial charge >= 0.3 is 0 Å². The number of nitrogens with zero attached hydrogens (tertiary/aromatic N) is 2. The lowest BCUT2D eigenvalue weighted by Gasteiger charge is -2.11. The average Bonchev–Trinajstić information content (AvgIpc) is 3.01. The predicted molar refractivity (Wildman–Crippen MR) is 94.1 cm³/mol. The van der Waals surface area contributed by atoms with Crippen molar-refractivity contribution in [2.45, 2.75) is 12.6 Å². The van der Waals surface area contributed by atoms with Crippen LogP contribution in [0.1, 0.15) is 5.56 Å². The summed E-state index contributed by atoms with van der Waals surface area (Å²) < 4.78 is 4.97. The molecule has 0 radical (unpaired) electrons. The standard InChI is InChI=1S/C16H16ClN5O2/c17-16-22-13(9-24-16)15(23)21-11-4-1-3-10(7-11)8-20-12-5-2-6-19-14(12)18/h1-7,13,20H,8-9H2,(H2,18,19)(H,21,23). The van der Waals surface area contributed by atoms with Crippen molar-refractivity contribution in [2.75, 3.05) is 23.0 Å². The van der Waals surface area contributed by atoms with Crippen molar-refractivity contribution in [1.82, 2.24) is 4.98 Å². The van der Waals surface area contributed by atoms with Crippen molar-refractivity contribution >= 4 is 40.1 Å². The Morgan fingerprint density at radius 1 is 1.38 bits per heavy atom. The highest BCUT2D eigenvalue weighted by molar-refractivity contribution is 6.63. The average molecular weight is 346 g/mol. The first kappa shape index (κ1) is 16.1. The number of hydrogen-bond acceptors (Lipinski definition) is 6. The van der Waals surface area contributed by atoms with Gasteiger partial charge in [-0.2, -0.15) is 0 Å². The van der Waals surface area contributed by atoms with Gasteiger partial charge in [-0.25, -0.2) is 9.98 Å². The summed E-state index contributed by atoms with van der Waals surface area (Å²) in [7, 11) is 0. The maximum absolute atomic E-state index is 12.1. The first-order chi connectivity index (χ1) is 11.6. The van der Waals surface area contributed by atoms with Crippen molar-refractivity contribution < 1.29 is 9.53 Å². The number of pyridine rings is 1. The van der Waals surface area contributed by atoms with Gasteiger partial charge in [-0.05, 0) is 41.4 Å². The Kier molecular flexibility index (Phi) is 4.81. The number of amides is 1. The number of nitrogens with one attached hydrogen (secondary N) is 2. The van der Waals surface area contributed by atoms with Crippen molar-refractivity contribution in [3.8, 4) is 0 Å². The molecule has 2 heterocycles. The Labute approximate surface area is 143 Å². The third-order valence-electron chi connectivity index (χ3n) is 3.44. The van der Waals surface area contributed by atoms with E-state index < -0.39 is 6.04 Å². The largest absolute Gasteiger partial charge is 0.466 e. The Hall–Kier alpha value is -2.80. The fourth-order valence-corrected chi connectivity index (χ4v) is 2.41. The lowest BCUT2D eigenvalue weighted by molar-refractivity contribution is -0.117. The molecule has 1 amide bonds. The van der Waals surface area contributed by atoms with E-state index in [-0.39, 0.29) is 17.9 Å². The van der Waals surface area contributed by atoms with E-state index in [0.717, 1.165) is 11.3 Å². The molecule has 8 heteroatoms.